The highest BCUT2D eigenvalue weighted by Gasteiger charge is 2.57. The van der Waals surface area contributed by atoms with E-state index in [2.05, 4.69) is 6.58 Å². The average molecular weight is 348 g/mol. The van der Waals surface area contributed by atoms with Gasteiger partial charge in [-0.05, 0) is 40.0 Å². The lowest BCUT2D eigenvalue weighted by molar-refractivity contribution is -0.144. The van der Waals surface area contributed by atoms with Gasteiger partial charge in [0.05, 0.1) is 23.9 Å². The number of hydrogen-bond donors (Lipinski definition) is 2. The zero-order valence-corrected chi connectivity index (χ0v) is 15.2. The van der Waals surface area contributed by atoms with Crippen molar-refractivity contribution in [3.8, 4) is 0 Å². The Morgan fingerprint density at radius 2 is 2.08 bits per heavy atom. The molecule has 2 aliphatic heterocycles. The van der Waals surface area contributed by atoms with Crippen LogP contribution in [0.15, 0.2) is 36.0 Å². The highest BCUT2D eigenvalue weighted by Crippen LogP contribution is 2.49. The van der Waals surface area contributed by atoms with Crippen molar-refractivity contribution in [3.63, 3.8) is 0 Å². The molecular weight excluding hydrogens is 320 g/mol. The van der Waals surface area contributed by atoms with Gasteiger partial charge in [-0.1, -0.05) is 30.4 Å². The number of allylic oxidation sites excluding steroid dienone is 2. The smallest absolute Gasteiger partial charge is 0.334 e. The number of carbonyl (C=O) groups excluding carboxylic acids is 1. The fraction of sp³-hybridized carbons (Fsp3) is 0.650. The number of fused-ring (bicyclic) bond motifs is 2. The average Bonchev–Trinajstić information content (AvgIpc) is 3.17. The molecule has 0 aromatic heterocycles. The van der Waals surface area contributed by atoms with E-state index in [1.165, 1.54) is 0 Å². The van der Waals surface area contributed by atoms with Gasteiger partial charge in [0.1, 0.15) is 6.10 Å². The van der Waals surface area contributed by atoms with Gasteiger partial charge in [0, 0.05) is 17.4 Å². The number of esters is 1. The molecule has 138 valence electrons. The third-order valence-corrected chi connectivity index (χ3v) is 5.53. The third kappa shape index (κ3) is 3.89. The second-order valence-corrected chi connectivity index (χ2v) is 8.27. The number of rotatable bonds is 2. The van der Waals surface area contributed by atoms with Crippen molar-refractivity contribution in [1.29, 1.82) is 0 Å². The number of aliphatic hydroxyl groups excluding tert-OH is 1. The minimum Gasteiger partial charge on any atom is -0.462 e. The molecule has 2 N–H and O–H groups in total. The van der Waals surface area contributed by atoms with Crippen molar-refractivity contribution >= 4 is 5.97 Å². The summed E-state index contributed by atoms with van der Waals surface area (Å²) in [6.45, 7) is 9.84. The predicted molar refractivity (Wildman–Crippen MR) is 93.7 cm³/mol. The lowest BCUT2D eigenvalue weighted by atomic mass is 9.76. The van der Waals surface area contributed by atoms with E-state index in [1.807, 2.05) is 6.92 Å². The lowest BCUT2D eigenvalue weighted by Crippen LogP contribution is -2.35. The molecule has 0 amide bonds. The molecular formula is C20H28O5. The van der Waals surface area contributed by atoms with Crippen molar-refractivity contribution in [2.45, 2.75) is 63.4 Å². The van der Waals surface area contributed by atoms with E-state index in [0.29, 0.717) is 18.6 Å². The van der Waals surface area contributed by atoms with Crippen LogP contribution in [0.2, 0.25) is 0 Å². The second kappa shape index (κ2) is 6.38. The van der Waals surface area contributed by atoms with Crippen molar-refractivity contribution in [2.24, 2.45) is 11.8 Å². The summed E-state index contributed by atoms with van der Waals surface area (Å²) in [5.74, 6) is -0.310. The standard InChI is InChI=1S/C20H28O5/c1-12-10-16(21)17-20(4,25-17)9-7-13-14(6-5-8-19(2,3)23)18(22)24-11-15(12)13/h5-6,8,13,15-17,21,23H,1,7,9-11H2,2-4H3/b8-5+,14-6-/t13-,15+,16-,17?,20?/m1/s1. The molecule has 2 unspecified atom stereocenters. The number of epoxide rings is 1. The highest BCUT2D eigenvalue weighted by atomic mass is 16.6. The Morgan fingerprint density at radius 3 is 2.76 bits per heavy atom. The number of ether oxygens (including phenoxy) is 2. The number of hydrogen-bond acceptors (Lipinski definition) is 5. The maximum absolute atomic E-state index is 12.3. The second-order valence-electron chi connectivity index (χ2n) is 8.27. The van der Waals surface area contributed by atoms with Gasteiger partial charge in [-0.2, -0.15) is 0 Å². The Hall–Kier alpha value is -1.43. The molecule has 0 radical (unpaired) electrons. The number of aliphatic hydroxyl groups is 2. The van der Waals surface area contributed by atoms with Crippen LogP contribution in [-0.2, 0) is 14.3 Å². The molecule has 0 bridgehead atoms. The minimum absolute atomic E-state index is 0.00724. The molecule has 3 aliphatic rings. The first-order valence-electron chi connectivity index (χ1n) is 8.93. The Labute approximate surface area is 149 Å². The Kier molecular flexibility index (Phi) is 4.69. The highest BCUT2D eigenvalue weighted by molar-refractivity contribution is 5.90. The summed E-state index contributed by atoms with van der Waals surface area (Å²) in [6, 6.07) is 0. The number of cyclic esters (lactones) is 1. The predicted octanol–water partition coefficient (Wildman–Crippen LogP) is 2.29. The molecule has 5 heteroatoms. The van der Waals surface area contributed by atoms with Gasteiger partial charge in [-0.3, -0.25) is 0 Å². The van der Waals surface area contributed by atoms with E-state index >= 15 is 0 Å². The van der Waals surface area contributed by atoms with Crippen LogP contribution in [0.3, 0.4) is 0 Å². The summed E-state index contributed by atoms with van der Waals surface area (Å²) in [6.07, 6.45) is 6.41. The van der Waals surface area contributed by atoms with Crippen LogP contribution >= 0.6 is 0 Å². The van der Waals surface area contributed by atoms with Gasteiger partial charge >= 0.3 is 5.97 Å². The molecule has 2 heterocycles. The molecule has 5 atom stereocenters. The molecule has 2 saturated heterocycles. The van der Waals surface area contributed by atoms with Gasteiger partial charge in [-0.15, -0.1) is 0 Å². The van der Waals surface area contributed by atoms with E-state index in [0.717, 1.165) is 18.4 Å². The van der Waals surface area contributed by atoms with Crippen LogP contribution in [0.1, 0.15) is 40.0 Å². The first-order valence-corrected chi connectivity index (χ1v) is 8.93. The van der Waals surface area contributed by atoms with E-state index in [1.54, 1.807) is 32.1 Å². The zero-order chi connectivity index (χ0) is 18.4. The van der Waals surface area contributed by atoms with Crippen molar-refractivity contribution in [3.05, 3.63) is 36.0 Å². The van der Waals surface area contributed by atoms with E-state index in [9.17, 15) is 15.0 Å². The maximum Gasteiger partial charge on any atom is 0.334 e. The van der Waals surface area contributed by atoms with E-state index < -0.39 is 11.7 Å². The van der Waals surface area contributed by atoms with Gasteiger partial charge in [0.15, 0.2) is 0 Å². The molecule has 1 saturated carbocycles. The monoisotopic (exact) mass is 348 g/mol. The van der Waals surface area contributed by atoms with Gasteiger partial charge in [0.2, 0.25) is 0 Å². The molecule has 0 aromatic rings. The lowest BCUT2D eigenvalue weighted by Gasteiger charge is -2.34. The summed E-state index contributed by atoms with van der Waals surface area (Å²) in [7, 11) is 0. The van der Waals surface area contributed by atoms with Crippen molar-refractivity contribution in [2.75, 3.05) is 6.61 Å². The summed E-state index contributed by atoms with van der Waals surface area (Å²) < 4.78 is 11.1. The Morgan fingerprint density at radius 1 is 1.36 bits per heavy atom. The molecule has 3 rings (SSSR count). The Bertz CT molecular complexity index is 626. The summed E-state index contributed by atoms with van der Waals surface area (Å²) in [5.41, 5.74) is 0.255. The van der Waals surface area contributed by atoms with Crippen LogP contribution < -0.4 is 0 Å². The minimum atomic E-state index is -0.941. The van der Waals surface area contributed by atoms with Crippen LogP contribution in [0, 0.1) is 11.8 Å². The molecule has 3 fully saturated rings. The van der Waals surface area contributed by atoms with Crippen molar-refractivity contribution < 1.29 is 24.5 Å². The quantitative estimate of drug-likeness (QED) is 0.346. The summed E-state index contributed by atoms with van der Waals surface area (Å²) in [5, 5.41) is 20.2. The maximum atomic E-state index is 12.3. The fourth-order valence-electron chi connectivity index (χ4n) is 3.98. The van der Waals surface area contributed by atoms with Gasteiger partial charge < -0.3 is 19.7 Å². The van der Waals surface area contributed by atoms with Crippen molar-refractivity contribution in [1.82, 2.24) is 0 Å². The zero-order valence-electron chi connectivity index (χ0n) is 15.2. The molecule has 0 aromatic carbocycles. The Balaban J connectivity index is 1.88. The molecule has 0 spiro atoms. The fourth-order valence-corrected chi connectivity index (χ4v) is 3.98. The van der Waals surface area contributed by atoms with E-state index in [-0.39, 0.29) is 29.5 Å². The van der Waals surface area contributed by atoms with Crippen LogP contribution in [0.4, 0.5) is 0 Å². The van der Waals surface area contributed by atoms with Crippen LogP contribution in [-0.4, -0.2) is 46.2 Å². The van der Waals surface area contributed by atoms with Gasteiger partial charge in [0.25, 0.3) is 0 Å². The van der Waals surface area contributed by atoms with Gasteiger partial charge in [-0.25, -0.2) is 4.79 Å². The summed E-state index contributed by atoms with van der Waals surface area (Å²) >= 11 is 0. The molecule has 5 nitrogen and oxygen atoms in total. The molecule has 1 aliphatic carbocycles. The summed E-state index contributed by atoms with van der Waals surface area (Å²) in [4.78, 5) is 12.3. The normalized spacial score (nSPS) is 40.8. The molecule has 25 heavy (non-hydrogen) atoms. The largest absolute Gasteiger partial charge is 0.462 e. The third-order valence-electron chi connectivity index (χ3n) is 5.53. The number of carbonyl (C=O) groups is 1. The van der Waals surface area contributed by atoms with E-state index in [4.69, 9.17) is 9.47 Å². The SMILES string of the molecule is C=C1C[C@@H](O)C2OC2(C)CC[C@@H]2/C(=C/C=C/C(C)(C)O)C(=O)OC[C@@H]12. The van der Waals surface area contributed by atoms with Crippen LogP contribution in [0.5, 0.6) is 0 Å². The first-order chi connectivity index (χ1) is 11.6. The van der Waals surface area contributed by atoms with Crippen LogP contribution in [0.25, 0.3) is 0 Å². The topological polar surface area (TPSA) is 79.3 Å². The first kappa shape index (κ1) is 18.4.